The summed E-state index contributed by atoms with van der Waals surface area (Å²) in [6, 6.07) is 36.0. The fourth-order valence-electron chi connectivity index (χ4n) is 3.36. The molecule has 28 nitrogen and oxygen atoms in total. The van der Waals surface area contributed by atoms with Crippen LogP contribution in [0.4, 0.5) is 0 Å². The summed E-state index contributed by atoms with van der Waals surface area (Å²) in [4.78, 5) is 111. The smallest absolute Gasteiger partial charge is 0.308 e. The average Bonchev–Trinajstić information content (AvgIpc) is 0.956. The summed E-state index contributed by atoms with van der Waals surface area (Å²) in [7, 11) is 17.6. The van der Waals surface area contributed by atoms with Crippen molar-refractivity contribution >= 4 is 95.6 Å². The Bertz CT molecular complexity index is 2280. The monoisotopic (exact) mass is 2190 g/mol. The molecular formula is C100H242N4O24P2S2W. The van der Waals surface area contributed by atoms with Crippen LogP contribution < -0.4 is 10.6 Å². The minimum Gasteiger partial charge on any atom is -0.469 e. The van der Waals surface area contributed by atoms with Crippen molar-refractivity contribution in [2.75, 3.05) is 178 Å². The molecule has 0 bridgehead atoms. The van der Waals surface area contributed by atoms with Gasteiger partial charge in [0.15, 0.2) is 7.37 Å². The van der Waals surface area contributed by atoms with Gasteiger partial charge in [0, 0.05) is 132 Å². The van der Waals surface area contributed by atoms with Crippen molar-refractivity contribution < 1.29 is 134 Å². The van der Waals surface area contributed by atoms with Crippen LogP contribution in [0.1, 0.15) is 317 Å². The van der Waals surface area contributed by atoms with Gasteiger partial charge in [0.1, 0.15) is 24.3 Å². The zero-order valence-electron chi connectivity index (χ0n) is 82.2. The zero-order chi connectivity index (χ0) is 97.6. The predicted octanol–water partition coefficient (Wildman–Crippen LogP) is 27.6. The molecule has 3 N–H and O–H groups in total. The molecule has 3 aromatic rings. The second-order valence-electron chi connectivity index (χ2n) is 21.7. The summed E-state index contributed by atoms with van der Waals surface area (Å²) in [6.45, 7) is 48.5. The number of methoxy groups -OCH3 is 4. The topological polar surface area (TPSA) is 373 Å². The van der Waals surface area contributed by atoms with Gasteiger partial charge in [-0.3, -0.25) is 47.1 Å². The van der Waals surface area contributed by atoms with Gasteiger partial charge in [0.2, 0.25) is 11.8 Å². The summed E-state index contributed by atoms with van der Waals surface area (Å²) in [5.74, 6) is -1.13. The molecular weight excluding hydrogens is 1950 g/mol. The number of ketones is 2. The second kappa shape index (κ2) is 243. The number of carbonyl (C=O) groups excluding carboxylic acids is 10. The number of ether oxygens (including phenoxy) is 8. The first-order valence-electron chi connectivity index (χ1n) is 37.5. The molecule has 3 aromatic carbocycles. The average molecular weight is 2190 g/mol. The van der Waals surface area contributed by atoms with Crippen LogP contribution in [-0.4, -0.2) is 266 Å². The zero-order valence-corrected chi connectivity index (χ0v) is 88.5. The summed E-state index contributed by atoms with van der Waals surface area (Å²) < 4.78 is 78.7. The van der Waals surface area contributed by atoms with Crippen molar-refractivity contribution in [2.24, 2.45) is 0 Å². The van der Waals surface area contributed by atoms with Crippen molar-refractivity contribution in [3.8, 4) is 0 Å². The standard InChI is InChI=1S/C8H14O2.C6H10O4.3C6H6.C4H9NO.2C4H8O2.C3H7NO.C3H9N.C3H6O2.C3H9OP.2C3H6O.C2H7N.C2H6O3S.C2H7O2P.2C2H6O.C2H6S.5C2H6.16CH4.W/c1-7(9)10-8-5-3-2-4-6-8;1-5(7)10-4-3-6(8)9-2;3*1-2-4-6-5-3-1;1-4(6)5(2)3;2*1-3-6-4(2)5;1-3(5)4-2;1-4(2)3;1-3(4)5-2;1-5(2,3)4;2*1-3(2)4;1-3-2;1-5-6(2,3)4;1-5(2,3)4;3*1-3-2;5*1-2;;;;;;;;;;;;;;;;;/h8H,2-6H2,1H3;3-4H2,1-2H3;3*1-6H;1-3H3;2*3H2,1-2H3;1-2H3,(H,4,5);1-3H3;1-2H3;1-3H3;2*1-2H3;3H,1-2H3;1-2H3;1-2H3,(H,3,4);3*1-2H3;5*1-2H3;16*1H4;. The van der Waals surface area contributed by atoms with E-state index in [2.05, 4.69) is 48.0 Å². The second-order valence-corrected chi connectivity index (χ2v) is 30.6. The molecule has 0 radical (unpaired) electrons. The Morgan fingerprint density at radius 2 is 0.549 bits per heavy atom. The van der Waals surface area contributed by atoms with E-state index >= 15 is 0 Å². The number of thioether (sulfide) groups is 1. The summed E-state index contributed by atoms with van der Waals surface area (Å²) >= 11 is 1.75. The molecule has 834 valence electrons. The number of rotatable bonds is 7. The van der Waals surface area contributed by atoms with Crippen LogP contribution in [0, 0.1) is 0 Å². The summed E-state index contributed by atoms with van der Waals surface area (Å²) in [5, 5.41) is 5.14. The Labute approximate surface area is 854 Å². The van der Waals surface area contributed by atoms with Crippen molar-refractivity contribution in [1.29, 1.82) is 0 Å². The molecule has 0 heterocycles. The third-order valence-corrected chi connectivity index (χ3v) is 7.60. The molecule has 1 fully saturated rings. The number of benzene rings is 3. The molecule has 1 aliphatic carbocycles. The van der Waals surface area contributed by atoms with Crippen LogP contribution in [0.5, 0.6) is 0 Å². The normalized spacial score (nSPS) is 7.67. The Balaban J connectivity index is -0.0000000197. The van der Waals surface area contributed by atoms with E-state index in [4.69, 9.17) is 9.63 Å². The molecule has 0 aliphatic heterocycles. The van der Waals surface area contributed by atoms with E-state index < -0.39 is 24.6 Å². The number of amides is 2. The molecule has 0 atom stereocenters. The van der Waals surface area contributed by atoms with E-state index in [1.807, 2.05) is 231 Å². The van der Waals surface area contributed by atoms with Crippen LogP contribution in [0.15, 0.2) is 109 Å². The molecule has 33 heteroatoms. The summed E-state index contributed by atoms with van der Waals surface area (Å²) in [6.07, 6.45) is 11.3. The Morgan fingerprint density at radius 3 is 0.624 bits per heavy atom. The van der Waals surface area contributed by atoms with Gasteiger partial charge in [-0.1, -0.05) is 304 Å². The van der Waals surface area contributed by atoms with E-state index in [0.29, 0.717) is 13.2 Å². The third-order valence-electron chi connectivity index (χ3n) is 6.99. The fourth-order valence-corrected chi connectivity index (χ4v) is 3.36. The first kappa shape index (κ1) is 255. The van der Waals surface area contributed by atoms with Crippen molar-refractivity contribution in [2.45, 2.75) is 323 Å². The number of hydrogen-bond acceptors (Lipinski definition) is 26. The Kier molecular flexibility index (Phi) is 465. The van der Waals surface area contributed by atoms with Gasteiger partial charge in [0.05, 0.1) is 54.4 Å². The number of esters is 6. The molecule has 4 rings (SSSR count). The minimum atomic E-state index is -3.16. The van der Waals surface area contributed by atoms with Crippen LogP contribution in [0.2, 0.25) is 0 Å². The SMILES string of the molecule is C.C.C.C.C.C.C.C.C.C.C.C.C.C.C.C.CC.CC.CC.CC.CC.CC(=O)N(C)C.CC(=O)OC1CCCCC1.CC(C)=O.CC(C)=O.CCOC(C)=O.CCOC(C)=O.CN(C)C.CNC.CNC(C)=O.COC.COC.COC(=O)CCOC(C)=O.COC(C)=O.COS(C)(=O)=O.CP(C)(=O)O.CP(C)(C)=O.CSC.[W].c1ccccc1.c1ccccc1.c1ccccc1. The number of nitrogens with one attached hydrogen (secondary N) is 2. The van der Waals surface area contributed by atoms with Gasteiger partial charge >= 0.3 is 35.8 Å². The quantitative estimate of drug-likeness (QED) is 0.0856. The first-order valence-corrected chi connectivity index (χ1v) is 46.6. The van der Waals surface area contributed by atoms with Crippen molar-refractivity contribution in [3.63, 3.8) is 0 Å². The van der Waals surface area contributed by atoms with Crippen LogP contribution in [0.25, 0.3) is 0 Å². The van der Waals surface area contributed by atoms with Gasteiger partial charge in [0.25, 0.3) is 10.1 Å². The maximum absolute atomic E-state index is 10.5. The number of nitrogens with zero attached hydrogens (tertiary/aromatic N) is 2. The molecule has 1 saturated carbocycles. The molecule has 0 saturated heterocycles. The summed E-state index contributed by atoms with van der Waals surface area (Å²) in [5.41, 5.74) is 0. The number of hydrogen-bond donors (Lipinski definition) is 3. The first-order chi connectivity index (χ1) is 53.6. The van der Waals surface area contributed by atoms with Gasteiger partial charge < -0.3 is 77.4 Å². The van der Waals surface area contributed by atoms with E-state index in [-0.39, 0.29) is 218 Å². The minimum absolute atomic E-state index is 0. The largest absolute Gasteiger partial charge is 0.469 e. The maximum Gasteiger partial charge on any atom is 0.308 e. The van der Waals surface area contributed by atoms with Gasteiger partial charge in [-0.25, -0.2) is 0 Å². The van der Waals surface area contributed by atoms with E-state index in [1.165, 1.54) is 128 Å². The third kappa shape index (κ3) is 807. The predicted molar refractivity (Wildman–Crippen MR) is 604 cm³/mol. The maximum atomic E-state index is 10.5. The van der Waals surface area contributed by atoms with Crippen molar-refractivity contribution in [1.82, 2.24) is 20.4 Å². The van der Waals surface area contributed by atoms with E-state index in [1.54, 1.807) is 95.2 Å². The molecule has 133 heavy (non-hydrogen) atoms. The van der Waals surface area contributed by atoms with Gasteiger partial charge in [-0.2, -0.15) is 20.2 Å². The number of carbonyl (C=O) groups is 10. The van der Waals surface area contributed by atoms with Crippen LogP contribution in [-0.2, 0) is 130 Å². The molecule has 2 amide bonds. The number of Topliss-reactive ketones (excluding diaryl/α,β-unsaturated/α-hetero) is 2. The molecule has 0 unspecified atom stereocenters. The molecule has 1 aliphatic rings. The van der Waals surface area contributed by atoms with Crippen LogP contribution >= 0.6 is 26.3 Å². The Morgan fingerprint density at radius 1 is 0.406 bits per heavy atom. The van der Waals surface area contributed by atoms with E-state index in [9.17, 15) is 65.5 Å². The fraction of sp³-hybridized carbons (Fsp3) is 0.720. The van der Waals surface area contributed by atoms with Gasteiger partial charge in [-0.05, 0) is 135 Å². The van der Waals surface area contributed by atoms with Crippen molar-refractivity contribution in [3.05, 3.63) is 109 Å². The van der Waals surface area contributed by atoms with Gasteiger partial charge in [-0.15, -0.1) is 0 Å². The molecule has 0 aromatic heterocycles. The van der Waals surface area contributed by atoms with Crippen LogP contribution in [0.3, 0.4) is 0 Å². The Hall–Kier alpha value is -6.03. The van der Waals surface area contributed by atoms with E-state index in [0.717, 1.165) is 26.2 Å². The molecule has 0 spiro atoms.